The van der Waals surface area contributed by atoms with E-state index in [0.717, 1.165) is 0 Å². The van der Waals surface area contributed by atoms with E-state index >= 15 is 0 Å². The topological polar surface area (TPSA) is 106 Å². The van der Waals surface area contributed by atoms with Gasteiger partial charge < -0.3 is 4.57 Å². The van der Waals surface area contributed by atoms with Crippen LogP contribution in [-0.2, 0) is 28.3 Å². The first kappa shape index (κ1) is 17.8. The molecule has 0 aliphatic rings. The Kier molecular flexibility index (Phi) is 4.85. The van der Waals surface area contributed by atoms with Gasteiger partial charge >= 0.3 is 0 Å². The number of nitrogens with two attached hydrogens (primary N) is 1. The first-order valence-corrected chi connectivity index (χ1v) is 8.00. The summed E-state index contributed by atoms with van der Waals surface area (Å²) in [4.78, 5) is 11.7. The Morgan fingerprint density at radius 2 is 1.79 bits per heavy atom. The normalized spacial score (nSPS) is 11.4. The van der Waals surface area contributed by atoms with Gasteiger partial charge in [0.2, 0.25) is 15.9 Å². The smallest absolute Gasteiger partial charge is 0.244 e. The lowest BCUT2D eigenvalue weighted by Gasteiger charge is -2.09. The number of nitrogens with zero attached hydrogens (tertiary/aromatic N) is 1. The SMILES string of the molecule is Cn1cc(S(N)(=O)=O)cc1CC(=O)NNc1cc(F)c(F)c(F)c1. The molecule has 0 saturated heterocycles. The van der Waals surface area contributed by atoms with E-state index in [0.29, 0.717) is 17.8 Å². The van der Waals surface area contributed by atoms with Gasteiger partial charge in [-0.3, -0.25) is 15.6 Å². The van der Waals surface area contributed by atoms with Gasteiger partial charge in [0.1, 0.15) is 0 Å². The van der Waals surface area contributed by atoms with Crippen molar-refractivity contribution in [3.05, 3.63) is 47.5 Å². The minimum Gasteiger partial charge on any atom is -0.353 e. The lowest BCUT2D eigenvalue weighted by Crippen LogP contribution is -2.31. The van der Waals surface area contributed by atoms with Crippen LogP contribution in [0.5, 0.6) is 0 Å². The summed E-state index contributed by atoms with van der Waals surface area (Å²) >= 11 is 0. The number of hydrogen-bond acceptors (Lipinski definition) is 4. The number of rotatable bonds is 5. The first-order chi connectivity index (χ1) is 11.1. The van der Waals surface area contributed by atoms with Crippen LogP contribution in [0, 0.1) is 17.5 Å². The van der Waals surface area contributed by atoms with Crippen molar-refractivity contribution < 1.29 is 26.4 Å². The summed E-state index contributed by atoms with van der Waals surface area (Å²) < 4.78 is 62.8. The van der Waals surface area contributed by atoms with E-state index in [4.69, 9.17) is 5.14 Å². The number of halogens is 3. The molecule has 0 bridgehead atoms. The Balaban J connectivity index is 2.03. The Morgan fingerprint density at radius 1 is 1.21 bits per heavy atom. The second-order valence-electron chi connectivity index (χ2n) is 4.93. The predicted molar refractivity (Wildman–Crippen MR) is 78.6 cm³/mol. The van der Waals surface area contributed by atoms with Crippen LogP contribution in [-0.4, -0.2) is 18.9 Å². The largest absolute Gasteiger partial charge is 0.353 e. The molecule has 1 aromatic carbocycles. The standard InChI is InChI=1S/C13H13F3N4O3S/c1-20-6-9(24(17,22)23)4-8(20)5-12(21)19-18-7-2-10(14)13(16)11(15)3-7/h2-4,6,18H,5H2,1H3,(H,19,21)(H2,17,22,23). The first-order valence-electron chi connectivity index (χ1n) is 6.45. The quantitative estimate of drug-likeness (QED) is 0.540. The van der Waals surface area contributed by atoms with Crippen LogP contribution >= 0.6 is 0 Å². The molecule has 0 spiro atoms. The summed E-state index contributed by atoms with van der Waals surface area (Å²) in [5.74, 6) is -5.06. The molecule has 0 fully saturated rings. The molecule has 0 aliphatic carbocycles. The number of hydrazine groups is 1. The van der Waals surface area contributed by atoms with Crippen molar-refractivity contribution in [1.82, 2.24) is 9.99 Å². The fourth-order valence-electron chi connectivity index (χ4n) is 1.89. The van der Waals surface area contributed by atoms with Crippen LogP contribution in [0.3, 0.4) is 0 Å². The lowest BCUT2D eigenvalue weighted by molar-refractivity contribution is -0.120. The summed E-state index contributed by atoms with van der Waals surface area (Å²) in [6, 6.07) is 2.56. The number of hydrogen-bond donors (Lipinski definition) is 3. The number of carbonyl (C=O) groups is 1. The summed E-state index contributed by atoms with van der Waals surface area (Å²) in [7, 11) is -2.37. The maximum absolute atomic E-state index is 13.0. The second kappa shape index (κ2) is 6.53. The molecule has 130 valence electrons. The van der Waals surface area contributed by atoms with Gasteiger partial charge in [-0.05, 0) is 6.07 Å². The third kappa shape index (κ3) is 4.06. The van der Waals surface area contributed by atoms with Crippen molar-refractivity contribution in [2.45, 2.75) is 11.3 Å². The molecule has 0 aliphatic heterocycles. The third-order valence-electron chi connectivity index (χ3n) is 3.08. The zero-order valence-electron chi connectivity index (χ0n) is 12.3. The van der Waals surface area contributed by atoms with E-state index < -0.39 is 33.4 Å². The second-order valence-corrected chi connectivity index (χ2v) is 6.49. The Bertz CT molecular complexity index is 873. The molecule has 0 atom stereocenters. The third-order valence-corrected chi connectivity index (χ3v) is 3.96. The highest BCUT2D eigenvalue weighted by Gasteiger charge is 2.15. The highest BCUT2D eigenvalue weighted by molar-refractivity contribution is 7.89. The van der Waals surface area contributed by atoms with Crippen LogP contribution < -0.4 is 16.0 Å². The Labute approximate surface area is 135 Å². The molecular formula is C13H13F3N4O3S. The van der Waals surface area contributed by atoms with Gasteiger partial charge in [0.05, 0.1) is 17.0 Å². The van der Waals surface area contributed by atoms with E-state index in [1.165, 1.54) is 23.9 Å². The molecule has 1 aromatic heterocycles. The van der Waals surface area contributed by atoms with Crippen LogP contribution in [0.4, 0.5) is 18.9 Å². The van der Waals surface area contributed by atoms with Gasteiger partial charge in [0, 0.05) is 31.1 Å². The van der Waals surface area contributed by atoms with Crippen molar-refractivity contribution in [2.75, 3.05) is 5.43 Å². The molecule has 11 heteroatoms. The van der Waals surface area contributed by atoms with Crippen molar-refractivity contribution in [3.8, 4) is 0 Å². The van der Waals surface area contributed by atoms with Crippen LogP contribution in [0.15, 0.2) is 29.3 Å². The van der Waals surface area contributed by atoms with E-state index in [9.17, 15) is 26.4 Å². The summed E-state index contributed by atoms with van der Waals surface area (Å²) in [5, 5.41) is 4.99. The number of nitrogens with one attached hydrogen (secondary N) is 2. The number of carbonyl (C=O) groups excluding carboxylic acids is 1. The maximum atomic E-state index is 13.0. The fourth-order valence-corrected chi connectivity index (χ4v) is 2.49. The molecule has 1 heterocycles. The number of sulfonamides is 1. The average Bonchev–Trinajstić information content (AvgIpc) is 2.83. The molecule has 4 N–H and O–H groups in total. The number of aryl methyl sites for hydroxylation is 1. The fraction of sp³-hybridized carbons (Fsp3) is 0.154. The van der Waals surface area contributed by atoms with E-state index in [-0.39, 0.29) is 17.0 Å². The summed E-state index contributed by atoms with van der Waals surface area (Å²) in [6.45, 7) is 0. The Hall–Kier alpha value is -2.53. The predicted octanol–water partition coefficient (Wildman–Crippen LogP) is 0.776. The van der Waals surface area contributed by atoms with Gasteiger partial charge in [0.25, 0.3) is 0 Å². The molecular weight excluding hydrogens is 349 g/mol. The van der Waals surface area contributed by atoms with Gasteiger partial charge in [-0.2, -0.15) is 0 Å². The number of benzene rings is 1. The highest BCUT2D eigenvalue weighted by Crippen LogP contribution is 2.17. The molecule has 7 nitrogen and oxygen atoms in total. The van der Waals surface area contributed by atoms with Crippen LogP contribution in [0.25, 0.3) is 0 Å². The molecule has 0 radical (unpaired) electrons. The van der Waals surface area contributed by atoms with Crippen molar-refractivity contribution in [2.24, 2.45) is 12.2 Å². The van der Waals surface area contributed by atoms with Crippen molar-refractivity contribution in [3.63, 3.8) is 0 Å². The molecule has 24 heavy (non-hydrogen) atoms. The maximum Gasteiger partial charge on any atom is 0.244 e. The van der Waals surface area contributed by atoms with Crippen molar-refractivity contribution >= 4 is 21.6 Å². The molecule has 1 amide bonds. The van der Waals surface area contributed by atoms with Crippen LogP contribution in [0.2, 0.25) is 0 Å². The highest BCUT2D eigenvalue weighted by atomic mass is 32.2. The van der Waals surface area contributed by atoms with E-state index in [1.807, 2.05) is 0 Å². The summed E-state index contributed by atoms with van der Waals surface area (Å²) in [6.07, 6.45) is 1.02. The number of primary sulfonamides is 1. The Morgan fingerprint density at radius 3 is 2.29 bits per heavy atom. The van der Waals surface area contributed by atoms with Gasteiger partial charge in [-0.1, -0.05) is 0 Å². The molecule has 2 rings (SSSR count). The summed E-state index contributed by atoms with van der Waals surface area (Å²) in [5.41, 5.74) is 4.53. The minimum absolute atomic E-state index is 0.150. The molecule has 0 saturated carbocycles. The number of anilines is 1. The van der Waals surface area contributed by atoms with Crippen molar-refractivity contribution in [1.29, 1.82) is 0 Å². The minimum atomic E-state index is -3.90. The van der Waals surface area contributed by atoms with E-state index in [2.05, 4.69) is 10.9 Å². The molecule has 0 unspecified atom stereocenters. The lowest BCUT2D eigenvalue weighted by atomic mass is 10.3. The molecule has 2 aromatic rings. The van der Waals surface area contributed by atoms with Gasteiger partial charge in [-0.25, -0.2) is 26.7 Å². The van der Waals surface area contributed by atoms with Gasteiger partial charge in [0.15, 0.2) is 17.5 Å². The number of aromatic nitrogens is 1. The van der Waals surface area contributed by atoms with Crippen LogP contribution in [0.1, 0.15) is 5.69 Å². The monoisotopic (exact) mass is 362 g/mol. The zero-order chi connectivity index (χ0) is 18.1. The van der Waals surface area contributed by atoms with Gasteiger partial charge in [-0.15, -0.1) is 0 Å². The van der Waals surface area contributed by atoms with E-state index in [1.54, 1.807) is 0 Å². The average molecular weight is 362 g/mol. The number of amides is 1. The zero-order valence-corrected chi connectivity index (χ0v) is 13.1.